The van der Waals surface area contributed by atoms with Gasteiger partial charge in [-0.25, -0.2) is 4.98 Å². The first kappa shape index (κ1) is 15.1. The summed E-state index contributed by atoms with van der Waals surface area (Å²) in [6.07, 6.45) is 5.34. The van der Waals surface area contributed by atoms with Crippen molar-refractivity contribution in [3.63, 3.8) is 0 Å². The maximum atomic E-state index is 5.35. The van der Waals surface area contributed by atoms with Crippen LogP contribution < -0.4 is 4.74 Å². The Morgan fingerprint density at radius 1 is 1.41 bits per heavy atom. The number of benzene rings is 1. The van der Waals surface area contributed by atoms with Crippen molar-refractivity contribution in [2.24, 2.45) is 0 Å². The minimum Gasteiger partial charge on any atom is -0.497 e. The number of aryl methyl sites for hydroxylation is 1. The summed E-state index contributed by atoms with van der Waals surface area (Å²) < 4.78 is 5.35. The van der Waals surface area contributed by atoms with Crippen LogP contribution in [0.25, 0.3) is 0 Å². The lowest BCUT2D eigenvalue weighted by Crippen LogP contribution is -2.37. The van der Waals surface area contributed by atoms with Gasteiger partial charge >= 0.3 is 0 Å². The minimum absolute atomic E-state index is 0.257. The Morgan fingerprint density at radius 3 is 3.00 bits per heavy atom. The van der Waals surface area contributed by atoms with Crippen LogP contribution in [-0.4, -0.2) is 35.1 Å². The van der Waals surface area contributed by atoms with Gasteiger partial charge in [-0.05, 0) is 43.1 Å². The lowest BCUT2D eigenvalue weighted by molar-refractivity contribution is 0.205. The fourth-order valence-corrected chi connectivity index (χ4v) is 3.35. The Labute approximate surface area is 132 Å². The van der Waals surface area contributed by atoms with E-state index in [1.54, 1.807) is 7.11 Å². The molecule has 1 aliphatic heterocycles. The van der Waals surface area contributed by atoms with Crippen molar-refractivity contribution in [3.8, 4) is 5.75 Å². The van der Waals surface area contributed by atoms with Gasteiger partial charge in [-0.1, -0.05) is 19.4 Å². The summed E-state index contributed by atoms with van der Waals surface area (Å²) in [6, 6.07) is 6.63. The fourth-order valence-electron chi connectivity index (χ4n) is 3.35. The van der Waals surface area contributed by atoms with E-state index >= 15 is 0 Å². The maximum absolute atomic E-state index is 5.35. The fraction of sp³-hybridized carbons (Fsp3) is 0.500. The predicted molar refractivity (Wildman–Crippen MR) is 88.3 cm³/mol. The molecule has 1 aliphatic rings. The third-order valence-electron chi connectivity index (χ3n) is 4.60. The van der Waals surface area contributed by atoms with Crippen molar-refractivity contribution in [3.05, 3.63) is 47.0 Å². The molecule has 4 heteroatoms. The molecule has 118 valence electrons. The first-order valence-electron chi connectivity index (χ1n) is 8.15. The number of unbranched alkanes of at least 4 members (excludes halogenated alkanes) is 1. The van der Waals surface area contributed by atoms with Crippen LogP contribution in [0, 0.1) is 6.92 Å². The maximum Gasteiger partial charge on any atom is 0.119 e. The SMILES string of the molecule is CCCCN1CCc2[nH]cnc2C1c1ccc(OC)cc1C. The monoisotopic (exact) mass is 299 g/mol. The van der Waals surface area contributed by atoms with Crippen LogP contribution >= 0.6 is 0 Å². The summed E-state index contributed by atoms with van der Waals surface area (Å²) in [5, 5.41) is 0. The van der Waals surface area contributed by atoms with Crippen LogP contribution in [0.5, 0.6) is 5.75 Å². The summed E-state index contributed by atoms with van der Waals surface area (Å²) >= 11 is 0. The quantitative estimate of drug-likeness (QED) is 0.919. The molecular weight excluding hydrogens is 274 g/mol. The number of nitrogens with one attached hydrogen (secondary N) is 1. The van der Waals surface area contributed by atoms with Crippen molar-refractivity contribution in [2.75, 3.05) is 20.2 Å². The van der Waals surface area contributed by atoms with Gasteiger partial charge in [0, 0.05) is 18.7 Å². The van der Waals surface area contributed by atoms with Crippen LogP contribution in [0.2, 0.25) is 0 Å². The van der Waals surface area contributed by atoms with Gasteiger partial charge in [-0.15, -0.1) is 0 Å². The molecule has 1 aromatic heterocycles. The minimum atomic E-state index is 0.257. The first-order chi connectivity index (χ1) is 10.7. The highest BCUT2D eigenvalue weighted by Crippen LogP contribution is 2.36. The summed E-state index contributed by atoms with van der Waals surface area (Å²) in [4.78, 5) is 10.5. The molecule has 0 bridgehead atoms. The lowest BCUT2D eigenvalue weighted by atomic mass is 9.92. The number of aromatic nitrogens is 2. The van der Waals surface area contributed by atoms with E-state index in [0.29, 0.717) is 0 Å². The van der Waals surface area contributed by atoms with E-state index in [1.165, 1.54) is 35.4 Å². The Bertz CT molecular complexity index is 635. The van der Waals surface area contributed by atoms with E-state index in [2.05, 4.69) is 46.9 Å². The number of methoxy groups -OCH3 is 1. The number of nitrogens with zero attached hydrogens (tertiary/aromatic N) is 2. The highest BCUT2D eigenvalue weighted by atomic mass is 16.5. The zero-order valence-corrected chi connectivity index (χ0v) is 13.7. The highest BCUT2D eigenvalue weighted by molar-refractivity contribution is 5.41. The third kappa shape index (κ3) is 2.75. The average molecular weight is 299 g/mol. The van der Waals surface area contributed by atoms with Crippen LogP contribution in [0.1, 0.15) is 48.3 Å². The second-order valence-corrected chi connectivity index (χ2v) is 6.03. The molecule has 2 aromatic rings. The van der Waals surface area contributed by atoms with Crippen LogP contribution in [0.3, 0.4) is 0 Å². The Balaban J connectivity index is 2.00. The molecule has 0 fully saturated rings. The van der Waals surface area contributed by atoms with Gasteiger partial charge in [0.1, 0.15) is 5.75 Å². The highest BCUT2D eigenvalue weighted by Gasteiger charge is 2.31. The van der Waals surface area contributed by atoms with Crippen molar-refractivity contribution < 1.29 is 4.74 Å². The molecule has 1 unspecified atom stereocenters. The zero-order valence-electron chi connectivity index (χ0n) is 13.7. The summed E-state index contributed by atoms with van der Waals surface area (Å²) in [5.41, 5.74) is 5.08. The molecule has 1 atom stereocenters. The van der Waals surface area contributed by atoms with E-state index in [-0.39, 0.29) is 6.04 Å². The van der Waals surface area contributed by atoms with Crippen molar-refractivity contribution >= 4 is 0 Å². The molecule has 0 saturated heterocycles. The second-order valence-electron chi connectivity index (χ2n) is 6.03. The second kappa shape index (κ2) is 6.53. The van der Waals surface area contributed by atoms with Gasteiger partial charge in [0.15, 0.2) is 0 Å². The topological polar surface area (TPSA) is 41.2 Å². The molecule has 2 heterocycles. The average Bonchev–Trinajstić information content (AvgIpc) is 3.01. The van der Waals surface area contributed by atoms with Crippen LogP contribution in [-0.2, 0) is 6.42 Å². The van der Waals surface area contributed by atoms with Gasteiger partial charge in [-0.3, -0.25) is 4.90 Å². The van der Waals surface area contributed by atoms with Crippen LogP contribution in [0.4, 0.5) is 0 Å². The van der Waals surface area contributed by atoms with Gasteiger partial charge in [0.2, 0.25) is 0 Å². The standard InChI is InChI=1S/C18H25N3O/c1-4-5-9-21-10-8-16-17(20-12-19-16)18(21)15-7-6-14(22-3)11-13(15)2/h6-7,11-12,18H,4-5,8-10H2,1-3H3,(H,19,20). The molecule has 1 N–H and O–H groups in total. The van der Waals surface area contributed by atoms with Gasteiger partial charge < -0.3 is 9.72 Å². The molecule has 1 aromatic carbocycles. The Hall–Kier alpha value is -1.81. The predicted octanol–water partition coefficient (Wildman–Crippen LogP) is 3.47. The number of rotatable bonds is 5. The summed E-state index contributed by atoms with van der Waals surface area (Å²) in [5.74, 6) is 0.916. The van der Waals surface area contributed by atoms with Crippen molar-refractivity contribution in [1.82, 2.24) is 14.9 Å². The van der Waals surface area contributed by atoms with Crippen LogP contribution in [0.15, 0.2) is 24.5 Å². The number of H-pyrrole nitrogens is 1. The van der Waals surface area contributed by atoms with Gasteiger partial charge in [0.05, 0.1) is 25.2 Å². The number of aromatic amines is 1. The molecule has 0 aliphatic carbocycles. The summed E-state index contributed by atoms with van der Waals surface area (Å²) in [7, 11) is 1.72. The molecule has 4 nitrogen and oxygen atoms in total. The van der Waals surface area contributed by atoms with Gasteiger partial charge in [0.25, 0.3) is 0 Å². The normalized spacial score (nSPS) is 18.2. The molecule has 0 saturated carbocycles. The lowest BCUT2D eigenvalue weighted by Gasteiger charge is -2.36. The van der Waals surface area contributed by atoms with Crippen molar-refractivity contribution in [2.45, 2.75) is 39.2 Å². The van der Waals surface area contributed by atoms with E-state index in [4.69, 9.17) is 4.74 Å². The van der Waals surface area contributed by atoms with Crippen molar-refractivity contribution in [1.29, 1.82) is 0 Å². The number of fused-ring (bicyclic) bond motifs is 1. The number of imidazole rings is 1. The molecule has 0 spiro atoms. The Morgan fingerprint density at radius 2 is 2.27 bits per heavy atom. The first-order valence-corrected chi connectivity index (χ1v) is 8.15. The van der Waals surface area contributed by atoms with E-state index in [1.807, 2.05) is 6.33 Å². The van der Waals surface area contributed by atoms with E-state index in [9.17, 15) is 0 Å². The van der Waals surface area contributed by atoms with E-state index in [0.717, 1.165) is 25.3 Å². The zero-order chi connectivity index (χ0) is 15.5. The third-order valence-corrected chi connectivity index (χ3v) is 4.60. The summed E-state index contributed by atoms with van der Waals surface area (Å²) in [6.45, 7) is 6.62. The van der Waals surface area contributed by atoms with Gasteiger partial charge in [-0.2, -0.15) is 0 Å². The molecular formula is C18H25N3O. The molecule has 0 radical (unpaired) electrons. The number of ether oxygens (including phenoxy) is 1. The molecule has 22 heavy (non-hydrogen) atoms. The Kier molecular flexibility index (Phi) is 4.48. The van der Waals surface area contributed by atoms with E-state index < -0.39 is 0 Å². The number of hydrogen-bond acceptors (Lipinski definition) is 3. The smallest absolute Gasteiger partial charge is 0.119 e. The number of hydrogen-bond donors (Lipinski definition) is 1. The largest absolute Gasteiger partial charge is 0.497 e. The molecule has 0 amide bonds. The molecule has 3 rings (SSSR count).